The molecule has 1 amide bonds. The van der Waals surface area contributed by atoms with E-state index in [9.17, 15) is 4.79 Å². The highest BCUT2D eigenvalue weighted by Crippen LogP contribution is 2.39. The van der Waals surface area contributed by atoms with E-state index in [1.165, 1.54) is 32.6 Å². The van der Waals surface area contributed by atoms with Gasteiger partial charge in [0.25, 0.3) is 9.04 Å². The average molecular weight is 624 g/mol. The minimum atomic E-state index is -2.10. The Morgan fingerprint density at radius 2 is 1.20 bits per heavy atom. The van der Waals surface area contributed by atoms with Gasteiger partial charge in [0.05, 0.1) is 18.0 Å². The molecule has 0 bridgehead atoms. The van der Waals surface area contributed by atoms with Crippen LogP contribution in [0.25, 0.3) is 5.76 Å². The van der Waals surface area contributed by atoms with Crippen LogP contribution in [0.1, 0.15) is 50.3 Å². The van der Waals surface area contributed by atoms with Gasteiger partial charge in [0, 0.05) is 12.0 Å². The van der Waals surface area contributed by atoms with Gasteiger partial charge >= 0.3 is 6.09 Å². The van der Waals surface area contributed by atoms with Crippen molar-refractivity contribution in [3.8, 4) is 0 Å². The molecule has 0 unspecified atom stereocenters. The second kappa shape index (κ2) is 14.0. The van der Waals surface area contributed by atoms with Crippen molar-refractivity contribution in [2.75, 3.05) is 11.5 Å². The lowest BCUT2D eigenvalue weighted by Gasteiger charge is -2.32. The van der Waals surface area contributed by atoms with E-state index in [1.807, 2.05) is 60.7 Å². The quantitative estimate of drug-likeness (QED) is 0.155. The zero-order valence-electron chi connectivity index (χ0n) is 26.9. The van der Waals surface area contributed by atoms with Crippen LogP contribution in [-0.4, -0.2) is 21.7 Å². The first-order valence-corrected chi connectivity index (χ1v) is 17.7. The third kappa shape index (κ3) is 7.00. The van der Waals surface area contributed by atoms with Gasteiger partial charge < -0.3 is 9.16 Å². The van der Waals surface area contributed by atoms with E-state index in [1.54, 1.807) is 4.90 Å². The molecule has 0 spiro atoms. The van der Waals surface area contributed by atoms with Crippen molar-refractivity contribution >= 4 is 42.6 Å². The van der Waals surface area contributed by atoms with E-state index in [2.05, 4.69) is 99.6 Å². The number of rotatable bonds is 9. The Kier molecular flexibility index (Phi) is 9.51. The number of benzene rings is 5. The number of carbonyl (C=O) groups is 1. The van der Waals surface area contributed by atoms with Crippen molar-refractivity contribution in [3.63, 3.8) is 0 Å². The monoisotopic (exact) mass is 623 g/mol. The molecule has 0 fully saturated rings. The molecule has 0 saturated heterocycles. The van der Waals surface area contributed by atoms with Crippen LogP contribution >= 0.6 is 0 Å². The molecule has 0 saturated carbocycles. The molecular formula is C41H41NO3Si. The van der Waals surface area contributed by atoms with Gasteiger partial charge in [0.2, 0.25) is 0 Å². The van der Waals surface area contributed by atoms with Crippen LogP contribution in [0.3, 0.4) is 0 Å². The Balaban J connectivity index is 1.34. The first kappa shape index (κ1) is 31.1. The number of hydrogen-bond acceptors (Lipinski definition) is 3. The van der Waals surface area contributed by atoms with E-state index in [0.717, 1.165) is 30.0 Å². The molecular weight excluding hydrogens is 583 g/mol. The average Bonchev–Trinajstić information content (AvgIpc) is 3.09. The van der Waals surface area contributed by atoms with Gasteiger partial charge in [0.1, 0.15) is 5.76 Å². The molecule has 4 nitrogen and oxygen atoms in total. The van der Waals surface area contributed by atoms with Crippen LogP contribution in [0.5, 0.6) is 0 Å². The summed E-state index contributed by atoms with van der Waals surface area (Å²) < 4.78 is 13.3. The minimum Gasteiger partial charge on any atom is -0.537 e. The predicted octanol–water partition coefficient (Wildman–Crippen LogP) is 8.56. The second-order valence-corrected chi connectivity index (χ2v) is 15.0. The summed E-state index contributed by atoms with van der Waals surface area (Å²) >= 11 is 0. The molecule has 0 atom stereocenters. The highest BCUT2D eigenvalue weighted by Gasteiger charge is 2.30. The van der Waals surface area contributed by atoms with Crippen LogP contribution in [-0.2, 0) is 21.0 Å². The zero-order valence-corrected chi connectivity index (χ0v) is 28.0. The van der Waals surface area contributed by atoms with Crippen molar-refractivity contribution < 1.29 is 14.0 Å². The Hall–Kier alpha value is -4.87. The summed E-state index contributed by atoms with van der Waals surface area (Å²) in [5.74, 6) is 0.954. The Labute approximate surface area is 274 Å². The maximum Gasteiger partial charge on any atom is 0.418 e. The lowest BCUT2D eigenvalue weighted by Crippen LogP contribution is -2.44. The molecule has 5 aromatic rings. The van der Waals surface area contributed by atoms with Gasteiger partial charge in [-0.15, -0.1) is 0 Å². The topological polar surface area (TPSA) is 38.8 Å². The molecule has 0 aromatic heterocycles. The summed E-state index contributed by atoms with van der Waals surface area (Å²) in [6.45, 7) is 7.09. The van der Waals surface area contributed by atoms with Crippen LogP contribution in [0, 0.1) is 0 Å². The summed E-state index contributed by atoms with van der Waals surface area (Å²) in [7, 11) is -2.10. The lowest BCUT2D eigenvalue weighted by atomic mass is 9.77. The van der Waals surface area contributed by atoms with Crippen molar-refractivity contribution in [3.05, 3.63) is 162 Å². The SMILES string of the molecule is CC(C)(C)c1cccc2c1CCC(CCOC(=O)N(c1ccccc1)c1ccccc1)=C2O[SiH](c1ccccc1)c1ccccc1. The molecule has 0 N–H and O–H groups in total. The molecule has 6 rings (SSSR count). The van der Waals surface area contributed by atoms with Crippen molar-refractivity contribution in [1.29, 1.82) is 0 Å². The minimum absolute atomic E-state index is 0.0114. The Morgan fingerprint density at radius 1 is 0.674 bits per heavy atom. The van der Waals surface area contributed by atoms with Crippen molar-refractivity contribution in [2.45, 2.75) is 45.4 Å². The van der Waals surface area contributed by atoms with Crippen LogP contribution in [0.15, 0.2) is 145 Å². The third-order valence-corrected chi connectivity index (χ3v) is 11.0. The lowest BCUT2D eigenvalue weighted by molar-refractivity contribution is 0.157. The molecule has 5 aromatic carbocycles. The van der Waals surface area contributed by atoms with E-state index in [0.29, 0.717) is 6.42 Å². The van der Waals surface area contributed by atoms with Gasteiger partial charge in [-0.3, -0.25) is 0 Å². The number of carbonyl (C=O) groups excluding carboxylic acids is 1. The number of hydrogen-bond donors (Lipinski definition) is 0. The van der Waals surface area contributed by atoms with E-state index < -0.39 is 15.1 Å². The van der Waals surface area contributed by atoms with Crippen molar-refractivity contribution in [2.24, 2.45) is 0 Å². The maximum atomic E-state index is 13.6. The van der Waals surface area contributed by atoms with E-state index in [4.69, 9.17) is 9.16 Å². The molecule has 0 radical (unpaired) electrons. The highest BCUT2D eigenvalue weighted by molar-refractivity contribution is 6.80. The highest BCUT2D eigenvalue weighted by atomic mass is 28.3. The van der Waals surface area contributed by atoms with Gasteiger partial charge in [-0.1, -0.05) is 136 Å². The number of anilines is 2. The smallest absolute Gasteiger partial charge is 0.418 e. The predicted molar refractivity (Wildman–Crippen MR) is 192 cm³/mol. The Bertz CT molecular complexity index is 1700. The molecule has 1 aliphatic rings. The second-order valence-electron chi connectivity index (χ2n) is 12.7. The van der Waals surface area contributed by atoms with Gasteiger partial charge in [0.15, 0.2) is 0 Å². The number of fused-ring (bicyclic) bond motifs is 1. The maximum absolute atomic E-state index is 13.6. The van der Waals surface area contributed by atoms with E-state index >= 15 is 0 Å². The number of nitrogens with zero attached hydrogens (tertiary/aromatic N) is 1. The first-order valence-electron chi connectivity index (χ1n) is 16.1. The van der Waals surface area contributed by atoms with Crippen LogP contribution in [0.4, 0.5) is 16.2 Å². The molecule has 5 heteroatoms. The summed E-state index contributed by atoms with van der Waals surface area (Å²) in [6.07, 6.45) is 2.00. The summed E-state index contributed by atoms with van der Waals surface area (Å²) in [6, 6.07) is 47.1. The van der Waals surface area contributed by atoms with Gasteiger partial charge in [-0.05, 0) is 69.6 Å². The fourth-order valence-electron chi connectivity index (χ4n) is 6.28. The summed E-state index contributed by atoms with van der Waals surface area (Å²) in [5, 5.41) is 2.46. The van der Waals surface area contributed by atoms with Crippen LogP contribution < -0.4 is 15.3 Å². The van der Waals surface area contributed by atoms with Gasteiger partial charge in [-0.25, -0.2) is 9.69 Å². The zero-order chi connectivity index (χ0) is 31.9. The first-order chi connectivity index (χ1) is 22.4. The molecule has 1 aliphatic carbocycles. The van der Waals surface area contributed by atoms with Crippen LogP contribution in [0.2, 0.25) is 0 Å². The summed E-state index contributed by atoms with van der Waals surface area (Å²) in [4.78, 5) is 15.3. The fraction of sp³-hybridized carbons (Fsp3) is 0.195. The molecule has 0 aliphatic heterocycles. The largest absolute Gasteiger partial charge is 0.537 e. The number of amides is 1. The Morgan fingerprint density at radius 3 is 1.72 bits per heavy atom. The van der Waals surface area contributed by atoms with E-state index in [-0.39, 0.29) is 12.0 Å². The molecule has 0 heterocycles. The standard InChI is InChI=1S/C41H41NO3Si/c1-41(2,3)38-26-16-25-37-36(38)28-27-31(39(37)45-46(34-21-12-6-13-22-34)35-23-14-7-15-24-35)29-30-44-40(43)42(32-17-8-4-9-18-32)33-19-10-5-11-20-33/h4-26,46H,27-30H2,1-3H3. The molecule has 46 heavy (non-hydrogen) atoms. The van der Waals surface area contributed by atoms with Crippen molar-refractivity contribution in [1.82, 2.24) is 0 Å². The molecule has 232 valence electrons. The normalized spacial score (nSPS) is 12.9. The number of para-hydroxylation sites is 2. The summed E-state index contributed by atoms with van der Waals surface area (Å²) in [5.41, 5.74) is 6.62. The fourth-order valence-corrected chi connectivity index (χ4v) is 8.61. The third-order valence-electron chi connectivity index (χ3n) is 8.51. The number of ether oxygens (including phenoxy) is 1. The van der Waals surface area contributed by atoms with Gasteiger partial charge in [-0.2, -0.15) is 0 Å².